The quantitative estimate of drug-likeness (QED) is 0.398. The zero-order valence-electron chi connectivity index (χ0n) is 22.6. The highest BCUT2D eigenvalue weighted by Crippen LogP contribution is 2.75. The van der Waals surface area contributed by atoms with Gasteiger partial charge in [-0.2, -0.15) is 0 Å². The van der Waals surface area contributed by atoms with Gasteiger partial charge < -0.3 is 15.3 Å². The zero-order chi connectivity index (χ0) is 25.8. The highest BCUT2D eigenvalue weighted by atomic mass is 16.4. The van der Waals surface area contributed by atoms with Crippen molar-refractivity contribution in [2.75, 3.05) is 0 Å². The van der Waals surface area contributed by atoms with Gasteiger partial charge >= 0.3 is 11.9 Å². The predicted octanol–water partition coefficient (Wildman–Crippen LogP) is 6.30. The Morgan fingerprint density at radius 2 is 1.49 bits per heavy atom. The van der Waals surface area contributed by atoms with Crippen molar-refractivity contribution < 1.29 is 24.9 Å². The van der Waals surface area contributed by atoms with Gasteiger partial charge in [-0.15, -0.1) is 0 Å². The van der Waals surface area contributed by atoms with Crippen LogP contribution in [-0.2, 0) is 9.59 Å². The molecule has 4 saturated carbocycles. The van der Waals surface area contributed by atoms with Crippen LogP contribution in [0.2, 0.25) is 0 Å². The highest BCUT2D eigenvalue weighted by molar-refractivity contribution is 5.77. The van der Waals surface area contributed by atoms with Crippen LogP contribution in [0.25, 0.3) is 0 Å². The lowest BCUT2D eigenvalue weighted by Gasteiger charge is -2.70. The molecular weight excluding hydrogens is 440 g/mol. The molecule has 3 N–H and O–H groups in total. The van der Waals surface area contributed by atoms with E-state index >= 15 is 0 Å². The van der Waals surface area contributed by atoms with Gasteiger partial charge in [0.15, 0.2) is 0 Å². The van der Waals surface area contributed by atoms with Crippen molar-refractivity contribution >= 4 is 11.9 Å². The number of hydrogen-bond acceptors (Lipinski definition) is 3. The van der Waals surface area contributed by atoms with E-state index in [0.717, 1.165) is 57.8 Å². The molecule has 0 amide bonds. The maximum Gasteiger partial charge on any atom is 0.312 e. The summed E-state index contributed by atoms with van der Waals surface area (Å²) in [5, 5.41) is 31.6. The Morgan fingerprint density at radius 1 is 0.829 bits per heavy atom. The monoisotopic (exact) mass is 486 g/mol. The second-order valence-corrected chi connectivity index (χ2v) is 14.8. The minimum absolute atomic E-state index is 0.00368. The smallest absolute Gasteiger partial charge is 0.312 e. The van der Waals surface area contributed by atoms with Crippen molar-refractivity contribution in [3.63, 3.8) is 0 Å². The van der Waals surface area contributed by atoms with Crippen LogP contribution in [0.5, 0.6) is 0 Å². The number of carboxylic acid groups (broad SMARTS) is 2. The van der Waals surface area contributed by atoms with Crippen molar-refractivity contribution in [2.45, 2.75) is 112 Å². The summed E-state index contributed by atoms with van der Waals surface area (Å²) in [6.45, 7) is 13.5. The molecule has 5 nitrogen and oxygen atoms in total. The first-order chi connectivity index (χ1) is 16.1. The van der Waals surface area contributed by atoms with Gasteiger partial charge in [-0.25, -0.2) is 0 Å². The van der Waals surface area contributed by atoms with Gasteiger partial charge in [0, 0.05) is 0 Å². The summed E-state index contributed by atoms with van der Waals surface area (Å²) in [4.78, 5) is 25.3. The fraction of sp³-hybridized carbons (Fsp3) is 0.867. The molecule has 0 spiro atoms. The number of fused-ring (bicyclic) bond motifs is 7. The molecular formula is C30H46O5. The first-order valence-electron chi connectivity index (χ1n) is 13.9. The summed E-state index contributed by atoms with van der Waals surface area (Å²) in [5.74, 6) is -1.10. The first kappa shape index (κ1) is 25.3. The number of aliphatic carboxylic acids is 2. The van der Waals surface area contributed by atoms with Crippen LogP contribution < -0.4 is 0 Å². The fourth-order valence-electron chi connectivity index (χ4n) is 10.6. The van der Waals surface area contributed by atoms with E-state index in [1.165, 1.54) is 5.57 Å². The molecule has 9 atom stereocenters. The highest BCUT2D eigenvalue weighted by Gasteiger charge is 2.70. The summed E-state index contributed by atoms with van der Waals surface area (Å²) >= 11 is 0. The van der Waals surface area contributed by atoms with Crippen molar-refractivity contribution in [2.24, 2.45) is 50.2 Å². The first-order valence-corrected chi connectivity index (χ1v) is 13.9. The molecule has 0 aliphatic heterocycles. The number of aliphatic hydroxyl groups excluding tert-OH is 1. The average molecular weight is 487 g/mol. The molecule has 0 saturated heterocycles. The van der Waals surface area contributed by atoms with E-state index in [-0.39, 0.29) is 33.5 Å². The van der Waals surface area contributed by atoms with E-state index in [4.69, 9.17) is 0 Å². The minimum atomic E-state index is -1.11. The summed E-state index contributed by atoms with van der Waals surface area (Å²) in [5.41, 5.74) is -0.437. The van der Waals surface area contributed by atoms with Gasteiger partial charge in [0.05, 0.1) is 16.9 Å². The molecule has 196 valence electrons. The van der Waals surface area contributed by atoms with E-state index < -0.39 is 28.9 Å². The van der Waals surface area contributed by atoms with Gasteiger partial charge in [-0.3, -0.25) is 9.59 Å². The van der Waals surface area contributed by atoms with E-state index in [0.29, 0.717) is 12.3 Å². The largest absolute Gasteiger partial charge is 0.481 e. The molecule has 5 aliphatic rings. The van der Waals surface area contributed by atoms with E-state index in [1.807, 2.05) is 0 Å². The van der Waals surface area contributed by atoms with Gasteiger partial charge in [0.25, 0.3) is 0 Å². The maximum absolute atomic E-state index is 12.8. The Bertz CT molecular complexity index is 983. The number of carbonyl (C=O) groups is 2. The molecule has 0 heterocycles. The van der Waals surface area contributed by atoms with Crippen LogP contribution in [0.4, 0.5) is 0 Å². The molecule has 0 radical (unpaired) electrons. The van der Waals surface area contributed by atoms with E-state index in [1.54, 1.807) is 6.92 Å². The summed E-state index contributed by atoms with van der Waals surface area (Å²) in [7, 11) is 0. The lowest BCUT2D eigenvalue weighted by atomic mass is 9.33. The second-order valence-electron chi connectivity index (χ2n) is 14.8. The third kappa shape index (κ3) is 2.97. The van der Waals surface area contributed by atoms with Gasteiger partial charge in [0.1, 0.15) is 0 Å². The maximum atomic E-state index is 12.8. The Kier molecular flexibility index (Phi) is 5.32. The molecule has 0 aromatic heterocycles. The number of carboxylic acids is 2. The molecule has 0 aromatic rings. The second kappa shape index (κ2) is 7.36. The Hall–Kier alpha value is -1.36. The molecule has 35 heavy (non-hydrogen) atoms. The van der Waals surface area contributed by atoms with E-state index in [2.05, 4.69) is 40.7 Å². The average Bonchev–Trinajstić information content (AvgIpc) is 2.76. The van der Waals surface area contributed by atoms with Crippen LogP contribution in [0.15, 0.2) is 11.6 Å². The summed E-state index contributed by atoms with van der Waals surface area (Å²) in [6, 6.07) is 0. The lowest BCUT2D eigenvalue weighted by Crippen LogP contribution is -2.66. The third-order valence-corrected chi connectivity index (χ3v) is 13.2. The summed E-state index contributed by atoms with van der Waals surface area (Å²) < 4.78 is 0. The SMILES string of the molecule is CC1(C)CC[C@]2(C(=O)O)CC[C@]3(C)C(=CC[C@H]4[C@@]5(C)CC[C@H](O)[C@@](C)(C(=O)O)[C@H]5CC[C@]43C)[C@@H]2C1. The molecule has 0 unspecified atom stereocenters. The molecule has 5 rings (SSSR count). The normalized spacial score (nSPS) is 52.7. The molecule has 0 aromatic carbocycles. The third-order valence-electron chi connectivity index (χ3n) is 13.2. The Balaban J connectivity index is 1.60. The van der Waals surface area contributed by atoms with Crippen LogP contribution in [0.3, 0.4) is 0 Å². The standard InChI is InChI=1S/C30H46O5/c1-25(2)13-15-30(24(34)35)16-14-27(4)18(19(30)17-25)7-8-20-26(3)11-10-22(31)29(6,23(32)33)21(26)9-12-28(20,27)5/h7,19-22,31H,8-17H2,1-6H3,(H,32,33)(H,34,35)/t19-,20-,21-,22-,26+,27+,28+,29-,30-/m0/s1. The predicted molar refractivity (Wildman–Crippen MR) is 135 cm³/mol. The fourth-order valence-corrected chi connectivity index (χ4v) is 10.6. The van der Waals surface area contributed by atoms with Gasteiger partial charge in [-0.05, 0) is 111 Å². The summed E-state index contributed by atoms with van der Waals surface area (Å²) in [6.07, 6.45) is 9.97. The molecule has 5 aliphatic carbocycles. The number of hydrogen-bond donors (Lipinski definition) is 3. The number of aliphatic hydroxyl groups is 1. The van der Waals surface area contributed by atoms with Gasteiger partial charge in [0.2, 0.25) is 0 Å². The van der Waals surface area contributed by atoms with Crippen molar-refractivity contribution in [3.8, 4) is 0 Å². The molecule has 0 bridgehead atoms. The minimum Gasteiger partial charge on any atom is -0.481 e. The number of allylic oxidation sites excluding steroid dienone is 2. The molecule has 5 heteroatoms. The van der Waals surface area contributed by atoms with Gasteiger partial charge in [-0.1, -0.05) is 46.3 Å². The topological polar surface area (TPSA) is 94.8 Å². The Morgan fingerprint density at radius 3 is 2.11 bits per heavy atom. The van der Waals surface area contributed by atoms with Crippen LogP contribution in [0, 0.1) is 50.2 Å². The lowest BCUT2D eigenvalue weighted by molar-refractivity contribution is -0.217. The van der Waals surface area contributed by atoms with Crippen molar-refractivity contribution in [1.29, 1.82) is 0 Å². The van der Waals surface area contributed by atoms with Crippen molar-refractivity contribution in [3.05, 3.63) is 11.6 Å². The zero-order valence-corrected chi connectivity index (χ0v) is 22.6. The van der Waals surface area contributed by atoms with Crippen LogP contribution >= 0.6 is 0 Å². The van der Waals surface area contributed by atoms with Crippen LogP contribution in [-0.4, -0.2) is 33.4 Å². The molecule has 4 fully saturated rings. The van der Waals surface area contributed by atoms with Crippen LogP contribution in [0.1, 0.15) is 106 Å². The number of rotatable bonds is 2. The van der Waals surface area contributed by atoms with Crippen molar-refractivity contribution in [1.82, 2.24) is 0 Å². The van der Waals surface area contributed by atoms with E-state index in [9.17, 15) is 24.9 Å². The Labute approximate surface area is 210 Å².